The zero-order chi connectivity index (χ0) is 21.1. The van der Waals surface area contributed by atoms with E-state index < -0.39 is 0 Å². The van der Waals surface area contributed by atoms with Crippen LogP contribution in [0.2, 0.25) is 0 Å². The Hall–Kier alpha value is -2.98. The molecule has 0 atom stereocenters. The highest BCUT2D eigenvalue weighted by Gasteiger charge is 2.21. The fraction of sp³-hybridized carbons (Fsp3) is 0.400. The lowest BCUT2D eigenvalue weighted by atomic mass is 10.2. The molecule has 10 heteroatoms. The minimum atomic E-state index is -0.158. The van der Waals surface area contributed by atoms with Crippen molar-refractivity contribution < 1.29 is 4.79 Å². The highest BCUT2D eigenvalue weighted by atomic mass is 32.1. The summed E-state index contributed by atoms with van der Waals surface area (Å²) >= 11 is 1.56. The molecular weight excluding hydrogens is 400 g/mol. The standard InChI is InChI=1S/C20H26N8OS/c1-14-17(5-4-16(24-14)18(29)21-2)28-9-7-27(8-10-28)13-15-12-23-19(26(15)3)25-20-22-6-11-30-20/h4-6,11-12H,7-10,13H2,1-3H3,(H,21,29)(H,22,23,25). The van der Waals surface area contributed by atoms with Crippen LogP contribution in [-0.4, -0.2) is 63.6 Å². The molecule has 1 fully saturated rings. The van der Waals surface area contributed by atoms with Crippen LogP contribution < -0.4 is 15.5 Å². The monoisotopic (exact) mass is 426 g/mol. The summed E-state index contributed by atoms with van der Waals surface area (Å²) in [4.78, 5) is 29.8. The van der Waals surface area contributed by atoms with Crippen molar-refractivity contribution in [2.75, 3.05) is 43.4 Å². The van der Waals surface area contributed by atoms with Gasteiger partial charge >= 0.3 is 0 Å². The summed E-state index contributed by atoms with van der Waals surface area (Å²) in [7, 11) is 3.64. The summed E-state index contributed by atoms with van der Waals surface area (Å²) < 4.78 is 2.08. The smallest absolute Gasteiger partial charge is 0.269 e. The van der Waals surface area contributed by atoms with Gasteiger partial charge in [-0.25, -0.2) is 15.0 Å². The fourth-order valence-corrected chi connectivity index (χ4v) is 4.13. The second kappa shape index (κ2) is 8.80. The molecule has 0 bridgehead atoms. The first-order valence-electron chi connectivity index (χ1n) is 9.89. The Bertz CT molecular complexity index is 1010. The number of carbonyl (C=O) groups excluding carboxylic acids is 1. The number of aromatic nitrogens is 4. The Morgan fingerprint density at radius 1 is 1.20 bits per heavy atom. The molecule has 0 aliphatic carbocycles. The van der Waals surface area contributed by atoms with E-state index in [0.29, 0.717) is 5.69 Å². The predicted octanol–water partition coefficient (Wildman–Crippen LogP) is 2.01. The first kappa shape index (κ1) is 20.3. The van der Waals surface area contributed by atoms with Gasteiger partial charge in [-0.1, -0.05) is 0 Å². The number of hydrogen-bond acceptors (Lipinski definition) is 8. The van der Waals surface area contributed by atoms with Crippen LogP contribution in [0.3, 0.4) is 0 Å². The van der Waals surface area contributed by atoms with E-state index >= 15 is 0 Å². The minimum absolute atomic E-state index is 0.158. The number of imidazole rings is 1. The van der Waals surface area contributed by atoms with Gasteiger partial charge in [0.15, 0.2) is 5.13 Å². The van der Waals surface area contributed by atoms with Crippen LogP contribution >= 0.6 is 11.3 Å². The van der Waals surface area contributed by atoms with Gasteiger partial charge in [-0.3, -0.25) is 9.69 Å². The number of thiazole rings is 1. The third-order valence-electron chi connectivity index (χ3n) is 5.35. The van der Waals surface area contributed by atoms with E-state index in [4.69, 9.17) is 0 Å². The summed E-state index contributed by atoms with van der Waals surface area (Å²) in [6.07, 6.45) is 3.70. The second-order valence-corrected chi connectivity index (χ2v) is 8.13. The summed E-state index contributed by atoms with van der Waals surface area (Å²) in [5.41, 5.74) is 3.60. The third-order valence-corrected chi connectivity index (χ3v) is 6.04. The number of nitrogens with one attached hydrogen (secondary N) is 2. The molecule has 4 rings (SSSR count). The Labute approximate surface area is 179 Å². The fourth-order valence-electron chi connectivity index (χ4n) is 3.61. The number of amides is 1. The Morgan fingerprint density at radius 3 is 2.67 bits per heavy atom. The van der Waals surface area contributed by atoms with Crippen LogP contribution in [0.25, 0.3) is 0 Å². The van der Waals surface area contributed by atoms with Gasteiger partial charge in [-0.2, -0.15) is 0 Å². The van der Waals surface area contributed by atoms with E-state index in [-0.39, 0.29) is 5.91 Å². The van der Waals surface area contributed by atoms with E-state index in [1.54, 1.807) is 30.6 Å². The maximum absolute atomic E-state index is 11.8. The van der Waals surface area contributed by atoms with Gasteiger partial charge in [0, 0.05) is 58.4 Å². The zero-order valence-electron chi connectivity index (χ0n) is 17.4. The van der Waals surface area contributed by atoms with Gasteiger partial charge in [0.1, 0.15) is 5.69 Å². The molecule has 1 saturated heterocycles. The first-order chi connectivity index (χ1) is 14.5. The molecule has 0 aromatic carbocycles. The van der Waals surface area contributed by atoms with Crippen LogP contribution in [0.4, 0.5) is 16.8 Å². The van der Waals surface area contributed by atoms with Crippen LogP contribution in [0.1, 0.15) is 21.9 Å². The quantitative estimate of drug-likeness (QED) is 0.623. The Balaban J connectivity index is 1.35. The number of pyridine rings is 1. The highest BCUT2D eigenvalue weighted by Crippen LogP contribution is 2.22. The summed E-state index contributed by atoms with van der Waals surface area (Å²) in [6.45, 7) is 6.56. The van der Waals surface area contributed by atoms with Crippen LogP contribution in [0.15, 0.2) is 29.9 Å². The predicted molar refractivity (Wildman–Crippen MR) is 118 cm³/mol. The van der Waals surface area contributed by atoms with Crippen LogP contribution in [-0.2, 0) is 13.6 Å². The first-order valence-corrected chi connectivity index (χ1v) is 10.8. The average molecular weight is 427 g/mol. The lowest BCUT2D eigenvalue weighted by molar-refractivity contribution is 0.0958. The molecule has 0 saturated carbocycles. The molecule has 0 unspecified atom stereocenters. The normalized spacial score (nSPS) is 14.7. The molecule has 1 amide bonds. The van der Waals surface area contributed by atoms with Crippen molar-refractivity contribution in [1.82, 2.24) is 29.7 Å². The molecule has 4 heterocycles. The van der Waals surface area contributed by atoms with E-state index in [1.807, 2.05) is 31.6 Å². The number of rotatable bonds is 6. The van der Waals surface area contributed by atoms with Gasteiger partial charge < -0.3 is 20.1 Å². The lowest BCUT2D eigenvalue weighted by Gasteiger charge is -2.36. The molecule has 1 aliphatic heterocycles. The molecule has 158 valence electrons. The van der Waals surface area contributed by atoms with Gasteiger partial charge in [-0.05, 0) is 19.1 Å². The van der Waals surface area contributed by atoms with Gasteiger partial charge in [0.25, 0.3) is 5.91 Å². The van der Waals surface area contributed by atoms with Crippen molar-refractivity contribution in [1.29, 1.82) is 0 Å². The van der Waals surface area contributed by atoms with Crippen molar-refractivity contribution in [3.8, 4) is 0 Å². The number of nitrogens with zero attached hydrogens (tertiary/aromatic N) is 6. The van der Waals surface area contributed by atoms with Crippen LogP contribution in [0, 0.1) is 6.92 Å². The zero-order valence-corrected chi connectivity index (χ0v) is 18.2. The topological polar surface area (TPSA) is 91.2 Å². The van der Waals surface area contributed by atoms with Crippen molar-refractivity contribution in [3.05, 3.63) is 47.0 Å². The maximum Gasteiger partial charge on any atom is 0.269 e. The molecule has 3 aromatic heterocycles. The van der Waals surface area contributed by atoms with E-state index in [2.05, 4.69) is 40.0 Å². The van der Waals surface area contributed by atoms with Crippen LogP contribution in [0.5, 0.6) is 0 Å². The summed E-state index contributed by atoms with van der Waals surface area (Å²) in [5, 5.41) is 8.66. The number of anilines is 3. The maximum atomic E-state index is 11.8. The van der Waals surface area contributed by atoms with Crippen molar-refractivity contribution in [2.24, 2.45) is 7.05 Å². The number of hydrogen-bond donors (Lipinski definition) is 2. The van der Waals surface area contributed by atoms with E-state index in [9.17, 15) is 4.79 Å². The molecule has 30 heavy (non-hydrogen) atoms. The van der Waals surface area contributed by atoms with Crippen molar-refractivity contribution in [3.63, 3.8) is 0 Å². The van der Waals surface area contributed by atoms with E-state index in [0.717, 1.165) is 60.9 Å². The number of aryl methyl sites for hydroxylation is 1. The molecule has 2 N–H and O–H groups in total. The van der Waals surface area contributed by atoms with Crippen molar-refractivity contribution in [2.45, 2.75) is 13.5 Å². The molecule has 3 aromatic rings. The molecule has 9 nitrogen and oxygen atoms in total. The summed E-state index contributed by atoms with van der Waals surface area (Å²) in [5.74, 6) is 0.644. The molecule has 0 radical (unpaired) electrons. The molecule has 0 spiro atoms. The van der Waals surface area contributed by atoms with Gasteiger partial charge in [0.2, 0.25) is 5.95 Å². The molecule has 1 aliphatic rings. The highest BCUT2D eigenvalue weighted by molar-refractivity contribution is 7.13. The minimum Gasteiger partial charge on any atom is -0.368 e. The molecular formula is C20H26N8OS. The number of carbonyl (C=O) groups is 1. The third kappa shape index (κ3) is 4.29. The van der Waals surface area contributed by atoms with Gasteiger partial charge in [-0.15, -0.1) is 11.3 Å². The second-order valence-electron chi connectivity index (χ2n) is 7.24. The Kier molecular flexibility index (Phi) is 5.96. The largest absolute Gasteiger partial charge is 0.368 e. The van der Waals surface area contributed by atoms with Crippen molar-refractivity contribution >= 4 is 34.0 Å². The number of piperazine rings is 1. The SMILES string of the molecule is CNC(=O)c1ccc(N2CCN(Cc3cnc(Nc4nccs4)n3C)CC2)c(C)n1. The summed E-state index contributed by atoms with van der Waals surface area (Å²) in [6, 6.07) is 3.79. The Morgan fingerprint density at radius 2 is 2.00 bits per heavy atom. The van der Waals surface area contributed by atoms with E-state index in [1.165, 1.54) is 0 Å². The van der Waals surface area contributed by atoms with Gasteiger partial charge in [0.05, 0.1) is 23.3 Å². The average Bonchev–Trinajstić information content (AvgIpc) is 3.39. The lowest BCUT2D eigenvalue weighted by Crippen LogP contribution is -2.46.